The van der Waals surface area contributed by atoms with Crippen LogP contribution in [0.25, 0.3) is 5.69 Å². The molecule has 1 amide bonds. The first-order valence-electron chi connectivity index (χ1n) is 8.52. The summed E-state index contributed by atoms with van der Waals surface area (Å²) in [5, 5.41) is 0. The average Bonchev–Trinajstić information content (AvgIpc) is 3.29. The molecule has 5 nitrogen and oxygen atoms in total. The minimum Gasteiger partial charge on any atom is -0.328 e. The highest BCUT2D eigenvalue weighted by atomic mass is 16.2. The summed E-state index contributed by atoms with van der Waals surface area (Å²) in [6, 6.07) is 9.85. The van der Waals surface area contributed by atoms with Gasteiger partial charge in [-0.05, 0) is 42.8 Å². The SMILES string of the molecule is CCc1ncc2c(n1)CN(C(=O)c1ccc(-n3cccc3)c(C)c1)C2. The highest BCUT2D eigenvalue weighted by molar-refractivity contribution is 5.95. The van der Waals surface area contributed by atoms with Crippen molar-refractivity contribution in [1.29, 1.82) is 0 Å². The van der Waals surface area contributed by atoms with Crippen molar-refractivity contribution >= 4 is 5.91 Å². The van der Waals surface area contributed by atoms with Gasteiger partial charge >= 0.3 is 0 Å². The Hall–Kier alpha value is -2.95. The van der Waals surface area contributed by atoms with E-state index in [4.69, 9.17) is 0 Å². The van der Waals surface area contributed by atoms with Crippen LogP contribution in [-0.4, -0.2) is 25.3 Å². The zero-order chi connectivity index (χ0) is 17.4. The number of hydrogen-bond acceptors (Lipinski definition) is 3. The summed E-state index contributed by atoms with van der Waals surface area (Å²) in [4.78, 5) is 23.6. The molecule has 126 valence electrons. The predicted octanol–water partition coefficient (Wildman–Crippen LogP) is 3.29. The second-order valence-corrected chi connectivity index (χ2v) is 6.36. The van der Waals surface area contributed by atoms with Crippen molar-refractivity contribution < 1.29 is 4.79 Å². The Bertz CT molecular complexity index is 931. The Morgan fingerprint density at radius 1 is 1.20 bits per heavy atom. The molecule has 3 aromatic rings. The summed E-state index contributed by atoms with van der Waals surface area (Å²) in [7, 11) is 0. The lowest BCUT2D eigenvalue weighted by molar-refractivity contribution is 0.0750. The summed E-state index contributed by atoms with van der Waals surface area (Å²) in [5.74, 6) is 0.873. The van der Waals surface area contributed by atoms with Crippen LogP contribution < -0.4 is 0 Å². The molecule has 0 bridgehead atoms. The fraction of sp³-hybridized carbons (Fsp3) is 0.250. The van der Waals surface area contributed by atoms with E-state index in [-0.39, 0.29) is 5.91 Å². The molecular formula is C20H20N4O. The smallest absolute Gasteiger partial charge is 0.254 e. The van der Waals surface area contributed by atoms with E-state index in [1.165, 1.54) is 0 Å². The first-order valence-corrected chi connectivity index (χ1v) is 8.52. The van der Waals surface area contributed by atoms with Crippen molar-refractivity contribution in [2.24, 2.45) is 0 Å². The number of hydrogen-bond donors (Lipinski definition) is 0. The molecule has 0 radical (unpaired) electrons. The summed E-state index contributed by atoms with van der Waals surface area (Å²) in [6.45, 7) is 5.21. The van der Waals surface area contributed by atoms with E-state index in [2.05, 4.69) is 14.5 Å². The van der Waals surface area contributed by atoms with Gasteiger partial charge in [0.15, 0.2) is 0 Å². The molecule has 0 saturated carbocycles. The molecule has 5 heteroatoms. The van der Waals surface area contributed by atoms with Gasteiger partial charge in [-0.25, -0.2) is 9.97 Å². The lowest BCUT2D eigenvalue weighted by Crippen LogP contribution is -2.25. The molecule has 0 fully saturated rings. The number of aromatic nitrogens is 3. The Morgan fingerprint density at radius 3 is 2.72 bits per heavy atom. The minimum absolute atomic E-state index is 0.0400. The van der Waals surface area contributed by atoms with Crippen LogP contribution in [0.5, 0.6) is 0 Å². The highest BCUT2D eigenvalue weighted by Gasteiger charge is 2.26. The van der Waals surface area contributed by atoms with Gasteiger partial charge in [-0.15, -0.1) is 0 Å². The van der Waals surface area contributed by atoms with Crippen molar-refractivity contribution in [1.82, 2.24) is 19.4 Å². The lowest BCUT2D eigenvalue weighted by Gasteiger charge is -2.16. The van der Waals surface area contributed by atoms with Crippen molar-refractivity contribution in [2.75, 3.05) is 0 Å². The normalized spacial score (nSPS) is 13.1. The molecule has 0 atom stereocenters. The van der Waals surface area contributed by atoms with Gasteiger partial charge in [0.2, 0.25) is 0 Å². The zero-order valence-corrected chi connectivity index (χ0v) is 14.4. The third-order valence-electron chi connectivity index (χ3n) is 4.64. The van der Waals surface area contributed by atoms with Gasteiger partial charge in [-0.3, -0.25) is 4.79 Å². The monoisotopic (exact) mass is 332 g/mol. The molecule has 1 aliphatic rings. The maximum Gasteiger partial charge on any atom is 0.254 e. The van der Waals surface area contributed by atoms with E-state index >= 15 is 0 Å². The van der Waals surface area contributed by atoms with Crippen molar-refractivity contribution in [3.05, 3.63) is 77.1 Å². The number of carbonyl (C=O) groups is 1. The number of carbonyl (C=O) groups excluding carboxylic acids is 1. The Balaban J connectivity index is 1.57. The van der Waals surface area contributed by atoms with E-state index in [0.717, 1.165) is 34.8 Å². The average molecular weight is 332 g/mol. The van der Waals surface area contributed by atoms with Gasteiger partial charge in [0.05, 0.1) is 12.2 Å². The van der Waals surface area contributed by atoms with Gasteiger partial charge in [-0.1, -0.05) is 6.92 Å². The van der Waals surface area contributed by atoms with Gasteiger partial charge < -0.3 is 9.47 Å². The maximum absolute atomic E-state index is 12.9. The van der Waals surface area contributed by atoms with E-state index < -0.39 is 0 Å². The number of rotatable bonds is 3. The van der Waals surface area contributed by atoms with Crippen LogP contribution in [0.4, 0.5) is 0 Å². The lowest BCUT2D eigenvalue weighted by atomic mass is 10.1. The molecule has 0 saturated heterocycles. The summed E-state index contributed by atoms with van der Waals surface area (Å²) >= 11 is 0. The third-order valence-corrected chi connectivity index (χ3v) is 4.64. The van der Waals surface area contributed by atoms with Crippen LogP contribution in [0.1, 0.15) is 39.9 Å². The first kappa shape index (κ1) is 15.6. The summed E-state index contributed by atoms with van der Waals surface area (Å²) in [6.07, 6.45) is 6.67. The van der Waals surface area contributed by atoms with E-state index in [9.17, 15) is 4.79 Å². The van der Waals surface area contributed by atoms with Crippen LogP contribution in [0.15, 0.2) is 48.9 Å². The number of fused-ring (bicyclic) bond motifs is 1. The largest absolute Gasteiger partial charge is 0.328 e. The molecule has 3 heterocycles. The topological polar surface area (TPSA) is 51.0 Å². The van der Waals surface area contributed by atoms with Crippen LogP contribution >= 0.6 is 0 Å². The molecule has 0 unspecified atom stereocenters. The molecule has 0 aliphatic carbocycles. The molecule has 4 rings (SSSR count). The maximum atomic E-state index is 12.9. The molecule has 1 aromatic carbocycles. The molecule has 0 N–H and O–H groups in total. The molecule has 0 spiro atoms. The van der Waals surface area contributed by atoms with Gasteiger partial charge in [0, 0.05) is 48.4 Å². The molecule has 2 aromatic heterocycles. The summed E-state index contributed by atoms with van der Waals surface area (Å²) < 4.78 is 2.05. The van der Waals surface area contributed by atoms with Crippen molar-refractivity contribution in [3.63, 3.8) is 0 Å². The van der Waals surface area contributed by atoms with Crippen molar-refractivity contribution in [3.8, 4) is 5.69 Å². The summed E-state index contributed by atoms with van der Waals surface area (Å²) in [5.41, 5.74) is 4.90. The van der Waals surface area contributed by atoms with Crippen LogP contribution in [0.2, 0.25) is 0 Å². The Kier molecular flexibility index (Phi) is 3.84. The fourth-order valence-corrected chi connectivity index (χ4v) is 3.26. The predicted molar refractivity (Wildman–Crippen MR) is 95.5 cm³/mol. The zero-order valence-electron chi connectivity index (χ0n) is 14.4. The second-order valence-electron chi connectivity index (χ2n) is 6.36. The first-order chi connectivity index (χ1) is 12.2. The van der Waals surface area contributed by atoms with Gasteiger partial charge in [0.25, 0.3) is 5.91 Å². The quantitative estimate of drug-likeness (QED) is 0.739. The molecule has 25 heavy (non-hydrogen) atoms. The van der Waals surface area contributed by atoms with E-state index in [1.54, 1.807) is 0 Å². The molecular weight excluding hydrogens is 312 g/mol. The van der Waals surface area contributed by atoms with Gasteiger partial charge in [0.1, 0.15) is 5.82 Å². The number of nitrogens with zero attached hydrogens (tertiary/aromatic N) is 4. The van der Waals surface area contributed by atoms with Crippen LogP contribution in [0.3, 0.4) is 0 Å². The fourth-order valence-electron chi connectivity index (χ4n) is 3.26. The van der Waals surface area contributed by atoms with E-state index in [1.807, 2.05) is 67.7 Å². The minimum atomic E-state index is 0.0400. The molecule has 1 aliphatic heterocycles. The van der Waals surface area contributed by atoms with Gasteiger partial charge in [-0.2, -0.15) is 0 Å². The second kappa shape index (κ2) is 6.16. The van der Waals surface area contributed by atoms with E-state index in [0.29, 0.717) is 18.7 Å². The Morgan fingerprint density at radius 2 is 2.00 bits per heavy atom. The van der Waals surface area contributed by atoms with Crippen molar-refractivity contribution in [2.45, 2.75) is 33.4 Å². The number of benzene rings is 1. The number of aryl methyl sites for hydroxylation is 2. The standard InChI is InChI=1S/C20H20N4O/c1-3-19-21-11-16-12-24(13-17(16)22-19)20(25)15-6-7-18(14(2)10-15)23-8-4-5-9-23/h4-11H,3,12-13H2,1-2H3. The Labute approximate surface area is 147 Å². The number of amides is 1. The third kappa shape index (κ3) is 2.82. The van der Waals surface area contributed by atoms with Crippen LogP contribution in [-0.2, 0) is 19.5 Å². The highest BCUT2D eigenvalue weighted by Crippen LogP contribution is 2.24. The van der Waals surface area contributed by atoms with Crippen LogP contribution in [0, 0.1) is 6.92 Å².